The molecule has 0 aromatic heterocycles. The Labute approximate surface area is 50.9 Å². The lowest BCUT2D eigenvalue weighted by molar-refractivity contribution is 0.664. The van der Waals surface area contributed by atoms with Crippen LogP contribution in [-0.2, 0) is 0 Å². The van der Waals surface area contributed by atoms with E-state index in [0.29, 0.717) is 0 Å². The normalized spacial score (nSPS) is 29.7. The zero-order valence-corrected chi connectivity index (χ0v) is 4.51. The molecule has 1 unspecified atom stereocenters. The van der Waals surface area contributed by atoms with Gasteiger partial charge in [-0.05, 0) is 12.4 Å². The van der Waals surface area contributed by atoms with E-state index >= 15 is 0 Å². The second-order valence-electron chi connectivity index (χ2n) is 0.984. The van der Waals surface area contributed by atoms with Crippen LogP contribution in [0.25, 0.3) is 0 Å². The molecule has 0 aliphatic carbocycles. The smallest absolute Gasteiger partial charge is 0.0310 e. The SMILES string of the molecule is Cl.[2H]C([2H])([2H])C([2H])(C)CN. The first kappa shape index (κ1) is 2.53. The fourth-order valence-corrected chi connectivity index (χ4v) is 0. The molecule has 0 aromatic carbocycles. The molecule has 0 fully saturated rings. The van der Waals surface area contributed by atoms with Gasteiger partial charge in [-0.2, -0.15) is 0 Å². The highest BCUT2D eigenvalue weighted by Crippen LogP contribution is 1.81. The van der Waals surface area contributed by atoms with Gasteiger partial charge in [0.05, 0.1) is 0 Å². The van der Waals surface area contributed by atoms with Crippen molar-refractivity contribution in [3.63, 3.8) is 0 Å². The van der Waals surface area contributed by atoms with Gasteiger partial charge in [-0.1, -0.05) is 13.8 Å². The van der Waals surface area contributed by atoms with Gasteiger partial charge in [0.2, 0.25) is 0 Å². The number of halogens is 1. The second kappa shape index (κ2) is 5.25. The third kappa shape index (κ3) is 8.87. The van der Waals surface area contributed by atoms with Crippen LogP contribution in [0.5, 0.6) is 0 Å². The Hall–Kier alpha value is 0.250. The van der Waals surface area contributed by atoms with Gasteiger partial charge in [-0.15, -0.1) is 12.4 Å². The molecule has 0 saturated carbocycles. The molecule has 0 heterocycles. The van der Waals surface area contributed by atoms with Gasteiger partial charge in [0.15, 0.2) is 0 Å². The van der Waals surface area contributed by atoms with Crippen LogP contribution in [0.1, 0.15) is 19.3 Å². The minimum Gasteiger partial charge on any atom is -0.330 e. The highest BCUT2D eigenvalue weighted by molar-refractivity contribution is 5.85. The molecule has 0 rings (SSSR count). The van der Waals surface area contributed by atoms with Crippen LogP contribution in [0.2, 0.25) is 0 Å². The van der Waals surface area contributed by atoms with E-state index in [1.54, 1.807) is 0 Å². The van der Waals surface area contributed by atoms with E-state index in [9.17, 15) is 0 Å². The maximum Gasteiger partial charge on any atom is 0.0310 e. The minimum atomic E-state index is -2.26. The quantitative estimate of drug-likeness (QED) is 0.540. The van der Waals surface area contributed by atoms with E-state index in [0.717, 1.165) is 0 Å². The van der Waals surface area contributed by atoms with Crippen LogP contribution in [-0.4, -0.2) is 6.54 Å². The third-order valence-electron chi connectivity index (χ3n) is 0.306. The van der Waals surface area contributed by atoms with Crippen LogP contribution < -0.4 is 5.73 Å². The molecule has 2 heteroatoms. The Bertz CT molecular complexity index is 99.9. The fourth-order valence-electron chi connectivity index (χ4n) is 0. The number of hydrogen-bond acceptors (Lipinski definition) is 1. The van der Waals surface area contributed by atoms with Gasteiger partial charge in [-0.3, -0.25) is 0 Å². The van der Waals surface area contributed by atoms with Crippen molar-refractivity contribution in [3.05, 3.63) is 0 Å². The molecule has 0 bridgehead atoms. The Balaban J connectivity index is 0. The summed E-state index contributed by atoms with van der Waals surface area (Å²) in [6, 6.07) is 0. The lowest BCUT2D eigenvalue weighted by Crippen LogP contribution is -2.05. The fraction of sp³-hybridized carbons (Fsp3) is 1.00. The molecule has 1 nitrogen and oxygen atoms in total. The maximum atomic E-state index is 7.14. The Morgan fingerprint density at radius 1 is 2.17 bits per heavy atom. The topological polar surface area (TPSA) is 26.0 Å². The van der Waals surface area contributed by atoms with Gasteiger partial charge in [0.1, 0.15) is 0 Å². The molecule has 0 spiro atoms. The van der Waals surface area contributed by atoms with E-state index in [2.05, 4.69) is 0 Å². The van der Waals surface area contributed by atoms with Crippen LogP contribution in [0.15, 0.2) is 0 Å². The average molecular weight is 114 g/mol. The Morgan fingerprint density at radius 3 is 2.67 bits per heavy atom. The van der Waals surface area contributed by atoms with Crippen molar-refractivity contribution in [3.8, 4) is 0 Å². The van der Waals surface area contributed by atoms with Crippen LogP contribution in [0.4, 0.5) is 0 Å². The van der Waals surface area contributed by atoms with Gasteiger partial charge in [0, 0.05) is 5.48 Å². The van der Waals surface area contributed by atoms with Crippen LogP contribution >= 0.6 is 12.4 Å². The maximum absolute atomic E-state index is 7.14. The summed E-state index contributed by atoms with van der Waals surface area (Å²) in [5.41, 5.74) is 5.04. The van der Waals surface area contributed by atoms with Crippen molar-refractivity contribution in [2.75, 3.05) is 6.54 Å². The van der Waals surface area contributed by atoms with E-state index in [1.807, 2.05) is 0 Å². The summed E-state index contributed by atoms with van der Waals surface area (Å²) < 4.78 is 27.5. The molecule has 0 aromatic rings. The summed E-state index contributed by atoms with van der Waals surface area (Å²) in [5, 5.41) is 0. The summed E-state index contributed by atoms with van der Waals surface area (Å²) in [6.45, 7) is -1.09. The summed E-state index contributed by atoms with van der Waals surface area (Å²) >= 11 is 0. The zero-order valence-electron chi connectivity index (χ0n) is 7.69. The lowest BCUT2D eigenvalue weighted by atomic mass is 10.2. The van der Waals surface area contributed by atoms with Crippen LogP contribution in [0.3, 0.4) is 0 Å². The van der Waals surface area contributed by atoms with Gasteiger partial charge in [-0.25, -0.2) is 0 Å². The largest absolute Gasteiger partial charge is 0.330 e. The van der Waals surface area contributed by atoms with Gasteiger partial charge in [0.25, 0.3) is 0 Å². The van der Waals surface area contributed by atoms with E-state index in [1.165, 1.54) is 6.92 Å². The monoisotopic (exact) mass is 113 g/mol. The minimum absolute atomic E-state index is 0. The first-order chi connectivity index (χ1) is 3.81. The van der Waals surface area contributed by atoms with Gasteiger partial charge >= 0.3 is 0 Å². The number of nitrogens with two attached hydrogens (primary N) is 1. The predicted octanol–water partition coefficient (Wildman–Crippen LogP) is 1.02. The van der Waals surface area contributed by atoms with E-state index in [-0.39, 0.29) is 19.0 Å². The number of hydrogen-bond donors (Lipinski definition) is 1. The first-order valence-corrected chi connectivity index (χ1v) is 1.51. The summed E-state index contributed by atoms with van der Waals surface area (Å²) in [4.78, 5) is 0. The molecule has 0 saturated heterocycles. The van der Waals surface area contributed by atoms with Crippen molar-refractivity contribution in [2.45, 2.75) is 13.8 Å². The average Bonchev–Trinajstić information content (AvgIpc) is 1.64. The van der Waals surface area contributed by atoms with Crippen molar-refractivity contribution < 1.29 is 5.48 Å². The first-order valence-electron chi connectivity index (χ1n) is 3.51. The molecule has 40 valence electrons. The van der Waals surface area contributed by atoms with E-state index < -0.39 is 12.7 Å². The molecule has 0 radical (unpaired) electrons. The Kier molecular flexibility index (Phi) is 2.21. The molecular formula is C4H12ClN. The molecule has 0 aliphatic heterocycles. The highest BCUT2D eigenvalue weighted by atomic mass is 35.5. The van der Waals surface area contributed by atoms with Crippen molar-refractivity contribution in [1.82, 2.24) is 0 Å². The molecule has 6 heavy (non-hydrogen) atoms. The molecule has 1 atom stereocenters. The molecule has 0 aliphatic rings. The predicted molar refractivity (Wildman–Crippen MR) is 31.1 cm³/mol. The Morgan fingerprint density at radius 2 is 2.67 bits per heavy atom. The van der Waals surface area contributed by atoms with Crippen LogP contribution in [0, 0.1) is 5.89 Å². The van der Waals surface area contributed by atoms with Crippen molar-refractivity contribution in [1.29, 1.82) is 0 Å². The van der Waals surface area contributed by atoms with Crippen molar-refractivity contribution >= 4 is 12.4 Å². The second-order valence-corrected chi connectivity index (χ2v) is 0.984. The molecule has 2 N–H and O–H groups in total. The highest BCUT2D eigenvalue weighted by Gasteiger charge is 1.80. The standard InChI is InChI=1S/C4H11N.ClH/c1-4(2)3-5;/h4H,3,5H2,1-2H3;1H/i1D3,4D;. The summed E-state index contributed by atoms with van der Waals surface area (Å²) in [7, 11) is 0. The summed E-state index contributed by atoms with van der Waals surface area (Å²) in [6.07, 6.45) is 0. The summed E-state index contributed by atoms with van der Waals surface area (Å²) in [5.74, 6) is -1.49. The third-order valence-corrected chi connectivity index (χ3v) is 0.306. The van der Waals surface area contributed by atoms with E-state index in [4.69, 9.17) is 11.2 Å². The molecular weight excluding hydrogens is 97.5 g/mol. The number of rotatable bonds is 1. The molecule has 0 amide bonds. The zero-order chi connectivity index (χ0) is 7.71. The van der Waals surface area contributed by atoms with Crippen molar-refractivity contribution in [2.24, 2.45) is 11.6 Å². The lowest BCUT2D eigenvalue weighted by Gasteiger charge is -1.91. The van der Waals surface area contributed by atoms with Gasteiger partial charge < -0.3 is 5.73 Å².